The van der Waals surface area contributed by atoms with Gasteiger partial charge in [0.2, 0.25) is 5.91 Å². The standard InChI is InChI=1S/C22H31N3O/c1-15-11-18-19(12-17(15)13-23)22(7-9-25(6)10-8-22)14-21(18,5)20(3,4)24-16(2)26/h11-12H,7-10,14H2,1-6H3,(H,24,26)/t21-/m0/s1. The summed E-state index contributed by atoms with van der Waals surface area (Å²) in [7, 11) is 2.18. The van der Waals surface area contributed by atoms with Crippen LogP contribution in [-0.2, 0) is 15.6 Å². The fraction of sp³-hybridized carbons (Fsp3) is 0.636. The third-order valence-electron chi connectivity index (χ3n) is 7.15. The summed E-state index contributed by atoms with van der Waals surface area (Å²) in [5.74, 6) is 0.00692. The van der Waals surface area contributed by atoms with Crippen molar-refractivity contribution in [3.05, 3.63) is 34.4 Å². The van der Waals surface area contributed by atoms with Gasteiger partial charge in [-0.05, 0) is 88.3 Å². The number of carbonyl (C=O) groups is 1. The van der Waals surface area contributed by atoms with E-state index in [1.54, 1.807) is 6.92 Å². The summed E-state index contributed by atoms with van der Waals surface area (Å²) in [5, 5.41) is 12.8. The number of amides is 1. The first-order chi connectivity index (χ1) is 12.0. The molecule has 4 heteroatoms. The Bertz CT molecular complexity index is 781. The highest BCUT2D eigenvalue weighted by atomic mass is 16.1. The molecule has 1 amide bonds. The maximum absolute atomic E-state index is 11.9. The van der Waals surface area contributed by atoms with Gasteiger partial charge in [-0.2, -0.15) is 5.26 Å². The molecule has 26 heavy (non-hydrogen) atoms. The molecule has 4 nitrogen and oxygen atoms in total. The van der Waals surface area contributed by atoms with Gasteiger partial charge in [-0.3, -0.25) is 4.79 Å². The molecule has 1 aliphatic carbocycles. The number of nitrogens with one attached hydrogen (secondary N) is 1. The number of nitrogens with zero attached hydrogens (tertiary/aromatic N) is 2. The number of fused-ring (bicyclic) bond motifs is 2. The number of hydrogen-bond donors (Lipinski definition) is 1. The molecule has 140 valence electrons. The maximum atomic E-state index is 11.9. The normalized spacial score (nSPS) is 25.0. The summed E-state index contributed by atoms with van der Waals surface area (Å²) in [6, 6.07) is 6.73. The largest absolute Gasteiger partial charge is 0.351 e. The Hall–Kier alpha value is -1.86. The van der Waals surface area contributed by atoms with E-state index in [1.807, 2.05) is 6.92 Å². The van der Waals surface area contributed by atoms with Gasteiger partial charge in [0, 0.05) is 17.9 Å². The highest BCUT2D eigenvalue weighted by molar-refractivity contribution is 5.74. The number of nitriles is 1. The summed E-state index contributed by atoms with van der Waals surface area (Å²) >= 11 is 0. The Labute approximate surface area is 157 Å². The number of hydrogen-bond acceptors (Lipinski definition) is 3. The lowest BCUT2D eigenvalue weighted by molar-refractivity contribution is -0.121. The first-order valence-corrected chi connectivity index (χ1v) is 9.58. The first kappa shape index (κ1) is 18.9. The van der Waals surface area contributed by atoms with E-state index in [2.05, 4.69) is 56.2 Å². The molecule has 1 heterocycles. The lowest BCUT2D eigenvalue weighted by Gasteiger charge is -2.46. The van der Waals surface area contributed by atoms with E-state index in [0.717, 1.165) is 43.5 Å². The van der Waals surface area contributed by atoms with Gasteiger partial charge in [-0.15, -0.1) is 0 Å². The minimum Gasteiger partial charge on any atom is -0.351 e. The molecule has 1 N–H and O–H groups in total. The minimum absolute atomic E-state index is 0.00692. The molecule has 1 aliphatic heterocycles. The van der Waals surface area contributed by atoms with Crippen LogP contribution in [0.4, 0.5) is 0 Å². The number of piperidine rings is 1. The van der Waals surface area contributed by atoms with Crippen molar-refractivity contribution >= 4 is 5.91 Å². The zero-order chi connectivity index (χ0) is 19.3. The predicted octanol–water partition coefficient (Wildman–Crippen LogP) is 3.41. The van der Waals surface area contributed by atoms with Crippen molar-refractivity contribution in [3.8, 4) is 6.07 Å². The predicted molar refractivity (Wildman–Crippen MR) is 104 cm³/mol. The van der Waals surface area contributed by atoms with Crippen LogP contribution in [0.1, 0.15) is 69.2 Å². The smallest absolute Gasteiger partial charge is 0.217 e. The molecule has 1 aromatic carbocycles. The molecule has 0 radical (unpaired) electrons. The number of likely N-dealkylation sites (tertiary alicyclic amines) is 1. The van der Waals surface area contributed by atoms with Crippen LogP contribution in [0.5, 0.6) is 0 Å². The van der Waals surface area contributed by atoms with Crippen molar-refractivity contribution in [2.45, 2.75) is 70.3 Å². The summed E-state index contributed by atoms with van der Waals surface area (Å²) in [4.78, 5) is 14.3. The Kier molecular flexibility index (Phi) is 4.43. The molecule has 0 saturated carbocycles. The second-order valence-electron chi connectivity index (χ2n) is 9.22. The highest BCUT2D eigenvalue weighted by Crippen LogP contribution is 2.58. The Morgan fingerprint density at radius 1 is 1.27 bits per heavy atom. The number of aryl methyl sites for hydroxylation is 1. The molecule has 0 aromatic heterocycles. The van der Waals surface area contributed by atoms with Crippen molar-refractivity contribution in [2.24, 2.45) is 0 Å². The fourth-order valence-electron chi connectivity index (χ4n) is 5.22. The van der Waals surface area contributed by atoms with E-state index in [9.17, 15) is 10.1 Å². The minimum atomic E-state index is -0.360. The van der Waals surface area contributed by atoms with Crippen molar-refractivity contribution in [3.63, 3.8) is 0 Å². The van der Waals surface area contributed by atoms with Gasteiger partial charge in [0.1, 0.15) is 0 Å². The molecule has 0 unspecified atom stereocenters. The van der Waals surface area contributed by atoms with Crippen LogP contribution in [0.2, 0.25) is 0 Å². The van der Waals surface area contributed by atoms with E-state index >= 15 is 0 Å². The van der Waals surface area contributed by atoms with E-state index in [4.69, 9.17) is 0 Å². The van der Waals surface area contributed by atoms with Crippen molar-refractivity contribution in [2.75, 3.05) is 20.1 Å². The Morgan fingerprint density at radius 2 is 1.88 bits per heavy atom. The molecule has 0 bridgehead atoms. The molecular weight excluding hydrogens is 322 g/mol. The van der Waals surface area contributed by atoms with Gasteiger partial charge >= 0.3 is 0 Å². The molecule has 1 saturated heterocycles. The molecule has 1 atom stereocenters. The summed E-state index contributed by atoms with van der Waals surface area (Å²) in [6.07, 6.45) is 3.23. The van der Waals surface area contributed by atoms with Crippen LogP contribution in [0.15, 0.2) is 12.1 Å². The van der Waals surface area contributed by atoms with Crippen LogP contribution in [0, 0.1) is 18.3 Å². The van der Waals surface area contributed by atoms with Gasteiger partial charge in [-0.25, -0.2) is 0 Å². The Morgan fingerprint density at radius 3 is 2.42 bits per heavy atom. The van der Waals surface area contributed by atoms with Crippen LogP contribution >= 0.6 is 0 Å². The molecule has 1 aromatic rings. The monoisotopic (exact) mass is 353 g/mol. The Balaban J connectivity index is 2.19. The van der Waals surface area contributed by atoms with Gasteiger partial charge in [0.05, 0.1) is 11.6 Å². The summed E-state index contributed by atoms with van der Waals surface area (Å²) < 4.78 is 0. The van der Waals surface area contributed by atoms with E-state index in [0.29, 0.717) is 0 Å². The van der Waals surface area contributed by atoms with Crippen LogP contribution in [0.25, 0.3) is 0 Å². The second-order valence-corrected chi connectivity index (χ2v) is 9.22. The van der Waals surface area contributed by atoms with Gasteiger partial charge < -0.3 is 10.2 Å². The molecular formula is C22H31N3O. The number of benzene rings is 1. The van der Waals surface area contributed by atoms with E-state index < -0.39 is 0 Å². The van der Waals surface area contributed by atoms with Crippen LogP contribution < -0.4 is 5.32 Å². The second kappa shape index (κ2) is 6.09. The van der Waals surface area contributed by atoms with Crippen molar-refractivity contribution < 1.29 is 4.79 Å². The highest BCUT2D eigenvalue weighted by Gasteiger charge is 2.56. The van der Waals surface area contributed by atoms with E-state index in [1.165, 1.54) is 11.1 Å². The lowest BCUT2D eigenvalue weighted by atomic mass is 9.65. The third kappa shape index (κ3) is 2.74. The molecule has 1 fully saturated rings. The molecule has 3 rings (SSSR count). The fourth-order valence-corrected chi connectivity index (χ4v) is 5.22. The quantitative estimate of drug-likeness (QED) is 0.886. The van der Waals surface area contributed by atoms with E-state index in [-0.39, 0.29) is 22.3 Å². The average Bonchev–Trinajstić information content (AvgIpc) is 2.78. The summed E-state index contributed by atoms with van der Waals surface area (Å²) in [6.45, 7) is 12.3. The van der Waals surface area contributed by atoms with Crippen LogP contribution in [0.3, 0.4) is 0 Å². The van der Waals surface area contributed by atoms with Crippen molar-refractivity contribution in [1.82, 2.24) is 10.2 Å². The van der Waals surface area contributed by atoms with Gasteiger partial charge in [0.15, 0.2) is 0 Å². The van der Waals surface area contributed by atoms with Crippen LogP contribution in [-0.4, -0.2) is 36.5 Å². The number of carbonyl (C=O) groups excluding carboxylic acids is 1. The zero-order valence-corrected chi connectivity index (χ0v) is 17.0. The van der Waals surface area contributed by atoms with Gasteiger partial charge in [-0.1, -0.05) is 13.0 Å². The first-order valence-electron chi connectivity index (χ1n) is 9.58. The number of rotatable bonds is 2. The molecule has 2 aliphatic rings. The molecule has 1 spiro atoms. The topological polar surface area (TPSA) is 56.1 Å². The van der Waals surface area contributed by atoms with Gasteiger partial charge in [0.25, 0.3) is 0 Å². The maximum Gasteiger partial charge on any atom is 0.217 e. The van der Waals surface area contributed by atoms with Crippen molar-refractivity contribution in [1.29, 1.82) is 5.26 Å². The average molecular weight is 354 g/mol. The lowest BCUT2D eigenvalue weighted by Crippen LogP contribution is -2.57. The summed E-state index contributed by atoms with van der Waals surface area (Å²) in [5.41, 5.74) is 4.05. The SMILES string of the molecule is CC(=O)NC(C)(C)[C@@]1(C)CC2(CCN(C)CC2)c2cc(C#N)c(C)cc21. The third-order valence-corrected chi connectivity index (χ3v) is 7.15. The zero-order valence-electron chi connectivity index (χ0n) is 17.0.